The monoisotopic (exact) mass is 231 g/mol. The molecule has 0 unspecified atom stereocenters. The van der Waals surface area contributed by atoms with Gasteiger partial charge in [0.2, 0.25) is 0 Å². The van der Waals surface area contributed by atoms with Gasteiger partial charge in [-0.3, -0.25) is 4.79 Å². The maximum atomic E-state index is 12.7. The summed E-state index contributed by atoms with van der Waals surface area (Å²) in [7, 11) is 0. The number of hydrogen-bond acceptors (Lipinski definition) is 3. The smallest absolute Gasteiger partial charge is 0.153 e. The van der Waals surface area contributed by atoms with E-state index in [1.807, 2.05) is 0 Å². The van der Waals surface area contributed by atoms with E-state index in [4.69, 9.17) is 0 Å². The average molecular weight is 231 g/mol. The van der Waals surface area contributed by atoms with Crippen molar-refractivity contribution in [3.05, 3.63) is 48.2 Å². The second-order valence-corrected chi connectivity index (χ2v) is 3.46. The van der Waals surface area contributed by atoms with Crippen LogP contribution in [0.1, 0.15) is 12.6 Å². The summed E-state index contributed by atoms with van der Waals surface area (Å²) in [6, 6.07) is 4.58. The van der Waals surface area contributed by atoms with E-state index in [1.165, 1.54) is 29.8 Å². The van der Waals surface area contributed by atoms with Crippen molar-refractivity contribution < 1.29 is 9.18 Å². The van der Waals surface area contributed by atoms with E-state index in [2.05, 4.69) is 10.1 Å². The van der Waals surface area contributed by atoms with Crippen LogP contribution in [0.3, 0.4) is 0 Å². The summed E-state index contributed by atoms with van der Waals surface area (Å²) < 4.78 is 14.2. The Morgan fingerprint density at radius 1 is 1.41 bits per heavy atom. The number of allylic oxidation sites excluding steroid dienone is 1. The molecule has 2 rings (SSSR count). The van der Waals surface area contributed by atoms with Crippen molar-refractivity contribution >= 4 is 11.9 Å². The molecule has 4 nitrogen and oxygen atoms in total. The van der Waals surface area contributed by atoms with E-state index >= 15 is 0 Å². The van der Waals surface area contributed by atoms with Crippen LogP contribution in [0.15, 0.2) is 36.7 Å². The van der Waals surface area contributed by atoms with Crippen molar-refractivity contribution in [2.75, 3.05) is 0 Å². The van der Waals surface area contributed by atoms with E-state index in [-0.39, 0.29) is 5.78 Å². The minimum Gasteiger partial charge on any atom is -0.295 e. The van der Waals surface area contributed by atoms with Crippen LogP contribution in [0, 0.1) is 5.82 Å². The summed E-state index contributed by atoms with van der Waals surface area (Å²) in [5.74, 6) is 0.0888. The number of rotatable bonds is 3. The van der Waals surface area contributed by atoms with Crippen LogP contribution in [0.4, 0.5) is 4.39 Å². The van der Waals surface area contributed by atoms with Crippen molar-refractivity contribution in [3.63, 3.8) is 0 Å². The van der Waals surface area contributed by atoms with Gasteiger partial charge in [0.25, 0.3) is 0 Å². The molecule has 2 heterocycles. The number of hydrogen-bond donors (Lipinski definition) is 0. The number of carbonyl (C=O) groups is 1. The normalized spacial score (nSPS) is 10.9. The van der Waals surface area contributed by atoms with Gasteiger partial charge in [-0.25, -0.2) is 14.1 Å². The zero-order valence-electron chi connectivity index (χ0n) is 9.17. The fourth-order valence-corrected chi connectivity index (χ4v) is 1.26. The lowest BCUT2D eigenvalue weighted by atomic mass is 10.3. The van der Waals surface area contributed by atoms with Crippen molar-refractivity contribution in [2.45, 2.75) is 6.92 Å². The van der Waals surface area contributed by atoms with E-state index in [0.717, 1.165) is 6.20 Å². The van der Waals surface area contributed by atoms with Crippen LogP contribution < -0.4 is 0 Å². The third-order valence-corrected chi connectivity index (χ3v) is 2.05. The molecule has 2 aromatic rings. The maximum Gasteiger partial charge on any atom is 0.153 e. The molecular weight excluding hydrogens is 221 g/mol. The van der Waals surface area contributed by atoms with Gasteiger partial charge in [-0.05, 0) is 37.3 Å². The second kappa shape index (κ2) is 4.69. The predicted molar refractivity (Wildman–Crippen MR) is 61.0 cm³/mol. The molecule has 2 aromatic heterocycles. The summed E-state index contributed by atoms with van der Waals surface area (Å²) in [6.07, 6.45) is 5.87. The van der Waals surface area contributed by atoms with E-state index in [1.54, 1.807) is 18.3 Å². The number of nitrogens with zero attached hydrogens (tertiary/aromatic N) is 3. The average Bonchev–Trinajstić information content (AvgIpc) is 2.76. The van der Waals surface area contributed by atoms with Gasteiger partial charge in [-0.1, -0.05) is 0 Å². The van der Waals surface area contributed by atoms with E-state index < -0.39 is 5.82 Å². The molecule has 0 saturated heterocycles. The van der Waals surface area contributed by atoms with Crippen molar-refractivity contribution in [1.29, 1.82) is 0 Å². The minimum absolute atomic E-state index is 0.0422. The van der Waals surface area contributed by atoms with Crippen molar-refractivity contribution in [3.8, 4) is 5.82 Å². The second-order valence-electron chi connectivity index (χ2n) is 3.46. The largest absolute Gasteiger partial charge is 0.295 e. The molecule has 0 fully saturated rings. The highest BCUT2D eigenvalue weighted by atomic mass is 19.1. The Balaban J connectivity index is 2.23. The molecule has 86 valence electrons. The Labute approximate surface area is 97.4 Å². The molecule has 0 atom stereocenters. The molecule has 0 N–H and O–H groups in total. The molecule has 0 aliphatic rings. The van der Waals surface area contributed by atoms with Crippen LogP contribution in [0.2, 0.25) is 0 Å². The zero-order valence-corrected chi connectivity index (χ0v) is 9.17. The zero-order chi connectivity index (χ0) is 12.3. The first-order valence-corrected chi connectivity index (χ1v) is 5.01. The molecule has 17 heavy (non-hydrogen) atoms. The van der Waals surface area contributed by atoms with Gasteiger partial charge in [0, 0.05) is 6.20 Å². The molecule has 0 bridgehead atoms. The van der Waals surface area contributed by atoms with E-state index in [9.17, 15) is 9.18 Å². The van der Waals surface area contributed by atoms with Crippen LogP contribution in [0.25, 0.3) is 11.9 Å². The molecule has 0 aliphatic heterocycles. The first kappa shape index (κ1) is 11.2. The van der Waals surface area contributed by atoms with Crippen LogP contribution in [-0.4, -0.2) is 20.5 Å². The highest BCUT2D eigenvalue weighted by Crippen LogP contribution is 2.06. The Bertz CT molecular complexity index is 557. The highest BCUT2D eigenvalue weighted by Gasteiger charge is 2.00. The molecule has 0 radical (unpaired) electrons. The lowest BCUT2D eigenvalue weighted by Crippen LogP contribution is -1.98. The predicted octanol–water partition coefficient (Wildman–Crippen LogP) is 2.01. The van der Waals surface area contributed by atoms with Gasteiger partial charge < -0.3 is 0 Å². The van der Waals surface area contributed by atoms with Gasteiger partial charge in [0.05, 0.1) is 11.9 Å². The maximum absolute atomic E-state index is 12.7. The molecule has 0 amide bonds. The summed E-state index contributed by atoms with van der Waals surface area (Å²) in [5, 5.41) is 4.17. The Morgan fingerprint density at radius 2 is 2.24 bits per heavy atom. The molecule has 5 heteroatoms. The van der Waals surface area contributed by atoms with Crippen molar-refractivity contribution in [1.82, 2.24) is 14.8 Å². The SMILES string of the molecule is CC(=O)/C=C/c1ccn(-c2ccc(F)cn2)n1. The van der Waals surface area contributed by atoms with Gasteiger partial charge in [-0.2, -0.15) is 5.10 Å². The highest BCUT2D eigenvalue weighted by molar-refractivity contribution is 5.91. The Hall–Kier alpha value is -2.30. The Kier molecular flexibility index (Phi) is 3.09. The number of halogens is 1. The van der Waals surface area contributed by atoms with Gasteiger partial charge >= 0.3 is 0 Å². The number of ketones is 1. The summed E-state index contributed by atoms with van der Waals surface area (Å²) >= 11 is 0. The quantitative estimate of drug-likeness (QED) is 0.759. The van der Waals surface area contributed by atoms with Gasteiger partial charge in [0.15, 0.2) is 11.6 Å². The van der Waals surface area contributed by atoms with Gasteiger partial charge in [-0.15, -0.1) is 0 Å². The van der Waals surface area contributed by atoms with Crippen LogP contribution in [0.5, 0.6) is 0 Å². The lowest BCUT2D eigenvalue weighted by Gasteiger charge is -1.98. The molecule has 0 saturated carbocycles. The number of pyridine rings is 1. The molecule has 0 spiro atoms. The standard InChI is InChI=1S/C12H10FN3O/c1-9(17)2-4-11-6-7-16(15-11)12-5-3-10(13)8-14-12/h2-8H,1H3/b4-2+. The first-order valence-electron chi connectivity index (χ1n) is 5.01. The topological polar surface area (TPSA) is 47.8 Å². The number of carbonyl (C=O) groups excluding carboxylic acids is 1. The third-order valence-electron chi connectivity index (χ3n) is 2.05. The molecular formula is C12H10FN3O. The van der Waals surface area contributed by atoms with E-state index in [0.29, 0.717) is 11.5 Å². The Morgan fingerprint density at radius 3 is 2.88 bits per heavy atom. The lowest BCUT2D eigenvalue weighted by molar-refractivity contribution is -0.112. The summed E-state index contributed by atoms with van der Waals surface area (Å²) in [6.45, 7) is 1.47. The fourth-order valence-electron chi connectivity index (χ4n) is 1.26. The van der Waals surface area contributed by atoms with Gasteiger partial charge in [0.1, 0.15) is 5.82 Å². The summed E-state index contributed by atoms with van der Waals surface area (Å²) in [5.41, 5.74) is 0.645. The fraction of sp³-hybridized carbons (Fsp3) is 0.0833. The summed E-state index contributed by atoms with van der Waals surface area (Å²) in [4.78, 5) is 14.6. The molecule has 0 aliphatic carbocycles. The van der Waals surface area contributed by atoms with Crippen LogP contribution in [-0.2, 0) is 4.79 Å². The minimum atomic E-state index is -0.391. The first-order chi connectivity index (χ1) is 8.15. The molecule has 0 aromatic carbocycles. The number of aromatic nitrogens is 3. The third kappa shape index (κ3) is 2.84. The van der Waals surface area contributed by atoms with Crippen molar-refractivity contribution in [2.24, 2.45) is 0 Å². The van der Waals surface area contributed by atoms with Crippen LogP contribution >= 0.6 is 0 Å².